The second kappa shape index (κ2) is 7.76. The van der Waals surface area contributed by atoms with E-state index >= 15 is 0 Å². The number of carbonyl (C=O) groups excluding carboxylic acids is 1. The molecule has 2 atom stereocenters. The Hall–Kier alpha value is -2.71. The fraction of sp³-hybridized carbons (Fsp3) is 0.455. The van der Waals surface area contributed by atoms with Crippen LogP contribution in [0.4, 0.5) is 11.6 Å². The maximum atomic E-state index is 12.1. The Balaban J connectivity index is 1.40. The average molecular weight is 441 g/mol. The van der Waals surface area contributed by atoms with Gasteiger partial charge in [0, 0.05) is 35.6 Å². The number of carbonyl (C=O) groups is 1. The van der Waals surface area contributed by atoms with E-state index in [9.17, 15) is 9.90 Å². The summed E-state index contributed by atoms with van der Waals surface area (Å²) in [5.41, 5.74) is 3.75. The minimum absolute atomic E-state index is 0.116. The van der Waals surface area contributed by atoms with Gasteiger partial charge in [0.15, 0.2) is 0 Å². The average Bonchev–Trinajstić information content (AvgIpc) is 3.36. The maximum absolute atomic E-state index is 12.1. The molecule has 2 fully saturated rings. The van der Waals surface area contributed by atoms with Crippen molar-refractivity contribution in [1.82, 2.24) is 24.6 Å². The first-order valence-electron chi connectivity index (χ1n) is 10.6. The zero-order valence-corrected chi connectivity index (χ0v) is 18.3. The number of likely N-dealkylation sites (tertiary alicyclic amines) is 1. The Morgan fingerprint density at radius 2 is 2.10 bits per heavy atom. The Bertz CT molecular complexity index is 1160. The van der Waals surface area contributed by atoms with E-state index < -0.39 is 6.10 Å². The number of nitrogens with one attached hydrogen (secondary N) is 1. The van der Waals surface area contributed by atoms with Crippen molar-refractivity contribution < 1.29 is 9.90 Å². The Morgan fingerprint density at radius 1 is 1.29 bits per heavy atom. The summed E-state index contributed by atoms with van der Waals surface area (Å²) in [6, 6.07) is 4.39. The molecule has 1 saturated heterocycles. The third-order valence-electron chi connectivity index (χ3n) is 6.18. The van der Waals surface area contributed by atoms with Crippen molar-refractivity contribution in [3.8, 4) is 0 Å². The molecule has 0 spiro atoms. The molecule has 9 heteroatoms. The minimum atomic E-state index is -0.986. The van der Waals surface area contributed by atoms with E-state index in [2.05, 4.69) is 20.1 Å². The van der Waals surface area contributed by atoms with Crippen LogP contribution in [-0.2, 0) is 4.79 Å². The normalized spacial score (nSPS) is 19.7. The molecule has 0 unspecified atom stereocenters. The fourth-order valence-electron chi connectivity index (χ4n) is 4.27. The molecular formula is C22H25ClN6O2. The lowest BCUT2D eigenvalue weighted by Gasteiger charge is -2.19. The standard InChI is InChI=1S/C22H25ClN6O2/c1-12-20(10-25-29(12)16-3-4-16)27-22-24-9-15-7-18(23)17(8-19(15)26-22)14-5-6-28(11-14)21(31)13(2)30/h7-10,13-14,16,30H,3-6,11H2,1-2H3,(H,24,26,27)/t13-,14-/m0/s1. The molecule has 1 aromatic carbocycles. The number of hydrogen-bond acceptors (Lipinski definition) is 6. The largest absolute Gasteiger partial charge is 0.384 e. The highest BCUT2D eigenvalue weighted by Gasteiger charge is 2.30. The fourth-order valence-corrected chi connectivity index (χ4v) is 4.60. The predicted octanol–water partition coefficient (Wildman–Crippen LogP) is 3.56. The molecule has 2 N–H and O–H groups in total. The van der Waals surface area contributed by atoms with Crippen LogP contribution in [0.2, 0.25) is 5.02 Å². The molecule has 8 nitrogen and oxygen atoms in total. The van der Waals surface area contributed by atoms with Crippen LogP contribution in [0.15, 0.2) is 24.5 Å². The van der Waals surface area contributed by atoms with Gasteiger partial charge in [-0.2, -0.15) is 5.10 Å². The molecule has 0 bridgehead atoms. The molecular weight excluding hydrogens is 416 g/mol. The smallest absolute Gasteiger partial charge is 0.251 e. The number of aliphatic hydroxyl groups excluding tert-OH is 1. The van der Waals surface area contributed by atoms with Gasteiger partial charge in [-0.05, 0) is 50.8 Å². The number of hydrogen-bond donors (Lipinski definition) is 2. The molecule has 3 aromatic rings. The van der Waals surface area contributed by atoms with Crippen LogP contribution in [0.1, 0.15) is 49.4 Å². The lowest BCUT2D eigenvalue weighted by molar-refractivity contribution is -0.138. The van der Waals surface area contributed by atoms with Crippen molar-refractivity contribution >= 4 is 40.0 Å². The zero-order valence-electron chi connectivity index (χ0n) is 17.5. The van der Waals surface area contributed by atoms with Crippen LogP contribution in [0, 0.1) is 6.92 Å². The van der Waals surface area contributed by atoms with E-state index in [-0.39, 0.29) is 11.8 Å². The number of anilines is 2. The van der Waals surface area contributed by atoms with E-state index in [1.54, 1.807) is 11.1 Å². The van der Waals surface area contributed by atoms with Gasteiger partial charge in [0.1, 0.15) is 6.10 Å². The third-order valence-corrected chi connectivity index (χ3v) is 6.51. The number of nitrogens with zero attached hydrogens (tertiary/aromatic N) is 5. The number of amides is 1. The summed E-state index contributed by atoms with van der Waals surface area (Å²) in [6.45, 7) is 4.71. The van der Waals surface area contributed by atoms with E-state index in [1.165, 1.54) is 19.8 Å². The molecule has 5 rings (SSSR count). The number of halogens is 1. The molecule has 2 aliphatic rings. The van der Waals surface area contributed by atoms with Crippen molar-refractivity contribution in [1.29, 1.82) is 0 Å². The van der Waals surface area contributed by atoms with Crippen molar-refractivity contribution in [2.24, 2.45) is 0 Å². The first-order valence-corrected chi connectivity index (χ1v) is 11.0. The number of benzene rings is 1. The van der Waals surface area contributed by atoms with Crippen LogP contribution in [-0.4, -0.2) is 54.9 Å². The molecule has 1 aliphatic carbocycles. The van der Waals surface area contributed by atoms with Crippen LogP contribution in [0.3, 0.4) is 0 Å². The molecule has 162 valence electrons. The van der Waals surface area contributed by atoms with E-state index in [0.717, 1.165) is 34.3 Å². The highest BCUT2D eigenvalue weighted by molar-refractivity contribution is 6.32. The van der Waals surface area contributed by atoms with Gasteiger partial charge in [-0.3, -0.25) is 9.48 Å². The van der Waals surface area contributed by atoms with Gasteiger partial charge in [0.05, 0.1) is 29.1 Å². The summed E-state index contributed by atoms with van der Waals surface area (Å²) in [4.78, 5) is 23.0. The third kappa shape index (κ3) is 3.85. The van der Waals surface area contributed by atoms with E-state index in [1.807, 2.05) is 25.3 Å². The SMILES string of the molecule is Cc1c(Nc2ncc3cc(Cl)c([C@H]4CCN(C(=O)[C@H](C)O)C4)cc3n2)cnn1C1CC1. The second-order valence-electron chi connectivity index (χ2n) is 8.52. The van der Waals surface area contributed by atoms with Crippen LogP contribution in [0.5, 0.6) is 0 Å². The summed E-state index contributed by atoms with van der Waals surface area (Å²) in [5.74, 6) is 0.386. The first kappa shape index (κ1) is 20.2. The summed E-state index contributed by atoms with van der Waals surface area (Å²) >= 11 is 6.57. The Kier molecular flexibility index (Phi) is 5.06. The molecule has 1 amide bonds. The number of rotatable bonds is 5. The lowest BCUT2D eigenvalue weighted by atomic mass is 9.97. The number of aromatic nitrogens is 4. The molecule has 2 aromatic heterocycles. The monoisotopic (exact) mass is 440 g/mol. The van der Waals surface area contributed by atoms with Gasteiger partial charge in [-0.1, -0.05) is 11.6 Å². The second-order valence-corrected chi connectivity index (χ2v) is 8.92. The van der Waals surface area contributed by atoms with Crippen molar-refractivity contribution in [2.45, 2.75) is 51.2 Å². The first-order chi connectivity index (χ1) is 14.9. The minimum Gasteiger partial charge on any atom is -0.384 e. The molecule has 1 aliphatic heterocycles. The molecule has 0 radical (unpaired) electrons. The van der Waals surface area contributed by atoms with E-state index in [0.29, 0.717) is 30.1 Å². The van der Waals surface area contributed by atoms with Crippen molar-refractivity contribution in [2.75, 3.05) is 18.4 Å². The van der Waals surface area contributed by atoms with E-state index in [4.69, 9.17) is 16.6 Å². The van der Waals surface area contributed by atoms with Gasteiger partial charge in [-0.15, -0.1) is 0 Å². The Morgan fingerprint density at radius 3 is 2.84 bits per heavy atom. The predicted molar refractivity (Wildman–Crippen MR) is 119 cm³/mol. The highest BCUT2D eigenvalue weighted by atomic mass is 35.5. The molecule has 1 saturated carbocycles. The molecule has 3 heterocycles. The summed E-state index contributed by atoms with van der Waals surface area (Å²) in [7, 11) is 0. The quantitative estimate of drug-likeness (QED) is 0.629. The van der Waals surface area contributed by atoms with Crippen molar-refractivity contribution in [3.05, 3.63) is 40.8 Å². The van der Waals surface area contributed by atoms with Gasteiger partial charge < -0.3 is 15.3 Å². The highest BCUT2D eigenvalue weighted by Crippen LogP contribution is 2.37. The van der Waals surface area contributed by atoms with Crippen LogP contribution >= 0.6 is 11.6 Å². The van der Waals surface area contributed by atoms with Crippen molar-refractivity contribution in [3.63, 3.8) is 0 Å². The topological polar surface area (TPSA) is 96.2 Å². The summed E-state index contributed by atoms with van der Waals surface area (Å²) in [6.07, 6.45) is 5.76. The van der Waals surface area contributed by atoms with Gasteiger partial charge in [0.25, 0.3) is 5.91 Å². The van der Waals surface area contributed by atoms with Crippen LogP contribution < -0.4 is 5.32 Å². The van der Waals surface area contributed by atoms with Crippen LogP contribution in [0.25, 0.3) is 10.9 Å². The number of fused-ring (bicyclic) bond motifs is 1. The molecule has 31 heavy (non-hydrogen) atoms. The van der Waals surface area contributed by atoms with Gasteiger partial charge >= 0.3 is 0 Å². The van der Waals surface area contributed by atoms with Gasteiger partial charge in [0.2, 0.25) is 5.95 Å². The summed E-state index contributed by atoms with van der Waals surface area (Å²) in [5, 5.41) is 18.9. The lowest BCUT2D eigenvalue weighted by Crippen LogP contribution is -2.35. The number of aliphatic hydroxyl groups is 1. The van der Waals surface area contributed by atoms with Gasteiger partial charge in [-0.25, -0.2) is 9.97 Å². The zero-order chi connectivity index (χ0) is 21.7. The summed E-state index contributed by atoms with van der Waals surface area (Å²) < 4.78 is 2.06. The Labute approximate surface area is 185 Å². The maximum Gasteiger partial charge on any atom is 0.251 e.